The molecule has 0 spiro atoms. The molecule has 6 nitrogen and oxygen atoms in total. The first-order chi connectivity index (χ1) is 10.3. The summed E-state index contributed by atoms with van der Waals surface area (Å²) in [6.07, 6.45) is 2.93. The second kappa shape index (κ2) is 6.39. The van der Waals surface area contributed by atoms with Gasteiger partial charge in [-0.15, -0.1) is 6.58 Å². The Bertz CT molecular complexity index is 770. The summed E-state index contributed by atoms with van der Waals surface area (Å²) in [6, 6.07) is 4.59. The van der Waals surface area contributed by atoms with Crippen molar-refractivity contribution in [3.63, 3.8) is 0 Å². The molecule has 0 amide bonds. The standard InChI is InChI=1S/C14H20N2O4S2/c1-3-8-15-22(19,20)14-7-6-13(11-12(14)2)16-9-4-5-10-21(16,17)18/h3,6-7,11,15H,1,4-5,8-10H2,2H3. The van der Waals surface area contributed by atoms with Gasteiger partial charge in [0.2, 0.25) is 20.0 Å². The van der Waals surface area contributed by atoms with Gasteiger partial charge in [0.15, 0.2) is 0 Å². The first-order valence-electron chi connectivity index (χ1n) is 6.99. The predicted octanol–water partition coefficient (Wildman–Crippen LogP) is 1.39. The molecule has 1 saturated heterocycles. The molecule has 0 aromatic heterocycles. The van der Waals surface area contributed by atoms with Crippen LogP contribution in [0.4, 0.5) is 5.69 Å². The van der Waals surface area contributed by atoms with E-state index in [2.05, 4.69) is 11.3 Å². The highest BCUT2D eigenvalue weighted by Gasteiger charge is 2.27. The number of benzene rings is 1. The molecule has 0 radical (unpaired) electrons. The van der Waals surface area contributed by atoms with E-state index in [0.29, 0.717) is 24.2 Å². The number of sulfonamides is 2. The first kappa shape index (κ1) is 17.0. The van der Waals surface area contributed by atoms with Crippen LogP contribution >= 0.6 is 0 Å². The van der Waals surface area contributed by atoms with Gasteiger partial charge in [-0.05, 0) is 43.5 Å². The van der Waals surface area contributed by atoms with Crippen LogP contribution in [0.3, 0.4) is 0 Å². The molecule has 0 saturated carbocycles. The molecule has 1 aromatic carbocycles. The zero-order valence-corrected chi connectivity index (χ0v) is 14.1. The minimum absolute atomic E-state index is 0.132. The summed E-state index contributed by atoms with van der Waals surface area (Å²) in [7, 11) is -6.92. The molecule has 0 bridgehead atoms. The Morgan fingerprint density at radius 2 is 2.09 bits per heavy atom. The van der Waals surface area contributed by atoms with Crippen molar-refractivity contribution in [1.82, 2.24) is 4.72 Å². The number of nitrogens with one attached hydrogen (secondary N) is 1. The number of anilines is 1. The highest BCUT2D eigenvalue weighted by Crippen LogP contribution is 2.27. The van der Waals surface area contributed by atoms with Crippen LogP contribution in [0.2, 0.25) is 0 Å². The van der Waals surface area contributed by atoms with Crippen LogP contribution in [-0.2, 0) is 20.0 Å². The molecule has 1 N–H and O–H groups in total. The summed E-state index contributed by atoms with van der Waals surface area (Å²) in [5.41, 5.74) is 1.02. The highest BCUT2D eigenvalue weighted by molar-refractivity contribution is 7.92. The lowest BCUT2D eigenvalue weighted by Crippen LogP contribution is -2.37. The van der Waals surface area contributed by atoms with Gasteiger partial charge in [0, 0.05) is 13.1 Å². The minimum atomic E-state index is -3.62. The molecular weight excluding hydrogens is 324 g/mol. The van der Waals surface area contributed by atoms with Gasteiger partial charge in [-0.3, -0.25) is 4.31 Å². The lowest BCUT2D eigenvalue weighted by atomic mass is 10.2. The maximum atomic E-state index is 12.1. The summed E-state index contributed by atoms with van der Waals surface area (Å²) >= 11 is 0. The Hall–Kier alpha value is -1.38. The van der Waals surface area contributed by atoms with E-state index in [1.165, 1.54) is 16.4 Å². The number of nitrogens with zero attached hydrogens (tertiary/aromatic N) is 1. The van der Waals surface area contributed by atoms with Crippen molar-refractivity contribution >= 4 is 25.7 Å². The van der Waals surface area contributed by atoms with Crippen LogP contribution in [0.1, 0.15) is 18.4 Å². The Labute approximate surface area is 131 Å². The topological polar surface area (TPSA) is 83.6 Å². The monoisotopic (exact) mass is 344 g/mol. The van der Waals surface area contributed by atoms with Crippen LogP contribution in [0, 0.1) is 6.92 Å². The third-order valence-corrected chi connectivity index (χ3v) is 6.96. The smallest absolute Gasteiger partial charge is 0.241 e. The Balaban J connectivity index is 2.36. The van der Waals surface area contributed by atoms with Crippen molar-refractivity contribution in [2.24, 2.45) is 0 Å². The normalized spacial score (nSPS) is 18.1. The van der Waals surface area contributed by atoms with Crippen LogP contribution in [-0.4, -0.2) is 35.7 Å². The number of rotatable bonds is 5. The van der Waals surface area contributed by atoms with Crippen LogP contribution < -0.4 is 9.03 Å². The third kappa shape index (κ3) is 3.50. The molecule has 0 atom stereocenters. The molecule has 1 aliphatic heterocycles. The molecule has 1 heterocycles. The van der Waals surface area contributed by atoms with Crippen LogP contribution in [0.5, 0.6) is 0 Å². The average Bonchev–Trinajstić information content (AvgIpc) is 2.44. The summed E-state index contributed by atoms with van der Waals surface area (Å²) in [6.45, 7) is 5.70. The fraction of sp³-hybridized carbons (Fsp3) is 0.429. The number of hydrogen-bond acceptors (Lipinski definition) is 4. The van der Waals surface area contributed by atoms with Gasteiger partial charge < -0.3 is 0 Å². The maximum Gasteiger partial charge on any atom is 0.241 e. The van der Waals surface area contributed by atoms with E-state index in [1.807, 2.05) is 0 Å². The number of aryl methyl sites for hydroxylation is 1. The Morgan fingerprint density at radius 3 is 2.68 bits per heavy atom. The van der Waals surface area contributed by atoms with E-state index in [4.69, 9.17) is 0 Å². The lowest BCUT2D eigenvalue weighted by Gasteiger charge is -2.28. The summed E-state index contributed by atoms with van der Waals surface area (Å²) in [4.78, 5) is 0.146. The maximum absolute atomic E-state index is 12.1. The second-order valence-corrected chi connectivity index (χ2v) is 8.93. The van der Waals surface area contributed by atoms with E-state index in [9.17, 15) is 16.8 Å². The van der Waals surface area contributed by atoms with Crippen molar-refractivity contribution in [2.45, 2.75) is 24.7 Å². The summed E-state index contributed by atoms with van der Waals surface area (Å²) in [5.74, 6) is 0.132. The van der Waals surface area contributed by atoms with Gasteiger partial charge in [0.1, 0.15) is 0 Å². The Kier molecular flexibility index (Phi) is 4.93. The van der Waals surface area contributed by atoms with Gasteiger partial charge in [0.05, 0.1) is 16.3 Å². The molecule has 1 aromatic rings. The highest BCUT2D eigenvalue weighted by atomic mass is 32.2. The fourth-order valence-electron chi connectivity index (χ4n) is 2.42. The SMILES string of the molecule is C=CCNS(=O)(=O)c1ccc(N2CCCCS2(=O)=O)cc1C. The molecule has 0 unspecified atom stereocenters. The largest absolute Gasteiger partial charge is 0.270 e. The molecule has 22 heavy (non-hydrogen) atoms. The molecule has 1 fully saturated rings. The summed E-state index contributed by atoms with van der Waals surface area (Å²) < 4.78 is 52.2. The zero-order valence-electron chi connectivity index (χ0n) is 12.4. The first-order valence-corrected chi connectivity index (χ1v) is 10.1. The van der Waals surface area contributed by atoms with E-state index in [1.54, 1.807) is 19.1 Å². The molecule has 1 aliphatic rings. The van der Waals surface area contributed by atoms with Crippen molar-refractivity contribution in [2.75, 3.05) is 23.1 Å². The van der Waals surface area contributed by atoms with E-state index < -0.39 is 20.0 Å². The molecule has 8 heteroatoms. The van der Waals surface area contributed by atoms with Crippen LogP contribution in [0.15, 0.2) is 35.7 Å². The quantitative estimate of drug-likeness (QED) is 0.818. The Morgan fingerprint density at radius 1 is 1.36 bits per heavy atom. The van der Waals surface area contributed by atoms with E-state index >= 15 is 0 Å². The third-order valence-electron chi connectivity index (χ3n) is 3.50. The molecule has 2 rings (SSSR count). The van der Waals surface area contributed by atoms with Crippen molar-refractivity contribution in [3.05, 3.63) is 36.4 Å². The van der Waals surface area contributed by atoms with Crippen LogP contribution in [0.25, 0.3) is 0 Å². The second-order valence-electron chi connectivity index (χ2n) is 5.19. The predicted molar refractivity (Wildman–Crippen MR) is 86.9 cm³/mol. The fourth-order valence-corrected chi connectivity index (χ4v) is 5.27. The minimum Gasteiger partial charge on any atom is -0.270 e. The van der Waals surface area contributed by atoms with Crippen molar-refractivity contribution < 1.29 is 16.8 Å². The molecular formula is C14H20N2O4S2. The van der Waals surface area contributed by atoms with E-state index in [0.717, 1.165) is 6.42 Å². The summed E-state index contributed by atoms with van der Waals surface area (Å²) in [5, 5.41) is 0. The molecule has 122 valence electrons. The van der Waals surface area contributed by atoms with Gasteiger partial charge in [0.25, 0.3) is 0 Å². The van der Waals surface area contributed by atoms with Crippen molar-refractivity contribution in [1.29, 1.82) is 0 Å². The van der Waals surface area contributed by atoms with Gasteiger partial charge in [-0.2, -0.15) is 0 Å². The zero-order chi connectivity index (χ0) is 16.4. The van der Waals surface area contributed by atoms with Gasteiger partial charge >= 0.3 is 0 Å². The molecule has 0 aliphatic carbocycles. The van der Waals surface area contributed by atoms with Crippen molar-refractivity contribution in [3.8, 4) is 0 Å². The van der Waals surface area contributed by atoms with Gasteiger partial charge in [-0.1, -0.05) is 6.08 Å². The van der Waals surface area contributed by atoms with E-state index in [-0.39, 0.29) is 17.2 Å². The number of hydrogen-bond donors (Lipinski definition) is 1. The average molecular weight is 344 g/mol. The lowest BCUT2D eigenvalue weighted by molar-refractivity contribution is 0.574. The van der Waals surface area contributed by atoms with Gasteiger partial charge in [-0.25, -0.2) is 21.6 Å².